The molecule has 0 aliphatic carbocycles. The Morgan fingerprint density at radius 3 is 2.54 bits per heavy atom. The average Bonchev–Trinajstić information content (AvgIpc) is 2.90. The predicted molar refractivity (Wildman–Crippen MR) is 108 cm³/mol. The molecule has 2 aromatic rings. The highest BCUT2D eigenvalue weighted by Gasteiger charge is 2.20. The summed E-state index contributed by atoms with van der Waals surface area (Å²) in [5.41, 5.74) is 1.74. The summed E-state index contributed by atoms with van der Waals surface area (Å²) in [5.74, 6) is -0.794. The number of urea groups is 1. The zero-order valence-corrected chi connectivity index (χ0v) is 16.0. The molecule has 0 radical (unpaired) electrons. The van der Waals surface area contributed by atoms with Crippen LogP contribution in [0.15, 0.2) is 48.5 Å². The Balaban J connectivity index is 1.58. The first-order valence-electron chi connectivity index (χ1n) is 9.40. The first-order valence-corrected chi connectivity index (χ1v) is 9.40. The number of benzene rings is 2. The molecule has 1 fully saturated rings. The highest BCUT2D eigenvalue weighted by atomic mass is 19.1. The van der Waals surface area contributed by atoms with Crippen LogP contribution >= 0.6 is 0 Å². The van der Waals surface area contributed by atoms with Gasteiger partial charge in [0, 0.05) is 45.3 Å². The smallest absolute Gasteiger partial charge is 0.321 e. The summed E-state index contributed by atoms with van der Waals surface area (Å²) in [5, 5.41) is 5.22. The van der Waals surface area contributed by atoms with Gasteiger partial charge >= 0.3 is 6.03 Å². The summed E-state index contributed by atoms with van der Waals surface area (Å²) >= 11 is 0. The van der Waals surface area contributed by atoms with Crippen molar-refractivity contribution in [2.45, 2.75) is 19.9 Å². The molecule has 2 aromatic carbocycles. The number of amides is 3. The van der Waals surface area contributed by atoms with E-state index in [1.165, 1.54) is 30.7 Å². The zero-order chi connectivity index (χ0) is 19.9. The number of rotatable bonds is 4. The Morgan fingerprint density at radius 2 is 1.79 bits per heavy atom. The van der Waals surface area contributed by atoms with Crippen LogP contribution in [0.2, 0.25) is 0 Å². The van der Waals surface area contributed by atoms with Gasteiger partial charge in [-0.3, -0.25) is 9.69 Å². The molecule has 0 spiro atoms. The fraction of sp³-hybridized carbons (Fsp3) is 0.333. The van der Waals surface area contributed by atoms with Crippen LogP contribution in [0.4, 0.5) is 20.6 Å². The topological polar surface area (TPSA) is 64.7 Å². The standard InChI is InChI=1S/C21H25FN4O2/c1-16(27)23-18-8-9-19(22)20(14-18)24-21(28)26-11-5-10-25(12-13-26)15-17-6-3-2-4-7-17/h2-4,6-9,14H,5,10-13,15H2,1H3,(H,23,27)(H,24,28). The molecular formula is C21H25FN4O2. The quantitative estimate of drug-likeness (QED) is 0.848. The lowest BCUT2D eigenvalue weighted by Crippen LogP contribution is -2.38. The van der Waals surface area contributed by atoms with Gasteiger partial charge in [-0.1, -0.05) is 30.3 Å². The summed E-state index contributed by atoms with van der Waals surface area (Å²) in [6.07, 6.45) is 0.856. The summed E-state index contributed by atoms with van der Waals surface area (Å²) in [4.78, 5) is 27.8. The molecule has 2 N–H and O–H groups in total. The van der Waals surface area contributed by atoms with Crippen molar-refractivity contribution in [2.24, 2.45) is 0 Å². The Labute approximate surface area is 164 Å². The van der Waals surface area contributed by atoms with E-state index in [-0.39, 0.29) is 17.6 Å². The Morgan fingerprint density at radius 1 is 1.00 bits per heavy atom. The van der Waals surface area contributed by atoms with Crippen LogP contribution < -0.4 is 10.6 Å². The molecule has 1 aliphatic rings. The SMILES string of the molecule is CC(=O)Nc1ccc(F)c(NC(=O)N2CCCN(Cc3ccccc3)CC2)c1. The van der Waals surface area contributed by atoms with Gasteiger partial charge in [0.2, 0.25) is 5.91 Å². The van der Waals surface area contributed by atoms with Crippen molar-refractivity contribution < 1.29 is 14.0 Å². The highest BCUT2D eigenvalue weighted by Crippen LogP contribution is 2.20. The molecule has 1 aliphatic heterocycles. The van der Waals surface area contributed by atoms with Gasteiger partial charge in [0.15, 0.2) is 0 Å². The predicted octanol–water partition coefficient (Wildman–Crippen LogP) is 3.52. The molecular weight excluding hydrogens is 359 g/mol. The number of halogens is 1. The van der Waals surface area contributed by atoms with E-state index < -0.39 is 5.82 Å². The lowest BCUT2D eigenvalue weighted by atomic mass is 10.2. The van der Waals surface area contributed by atoms with E-state index in [0.717, 1.165) is 26.1 Å². The fourth-order valence-corrected chi connectivity index (χ4v) is 3.27. The molecule has 7 heteroatoms. The van der Waals surface area contributed by atoms with Crippen molar-refractivity contribution in [2.75, 3.05) is 36.8 Å². The van der Waals surface area contributed by atoms with Gasteiger partial charge in [-0.15, -0.1) is 0 Å². The molecule has 0 saturated carbocycles. The fourth-order valence-electron chi connectivity index (χ4n) is 3.27. The van der Waals surface area contributed by atoms with Crippen LogP contribution in [0, 0.1) is 5.82 Å². The minimum Gasteiger partial charge on any atom is -0.326 e. The normalized spacial score (nSPS) is 15.0. The van der Waals surface area contributed by atoms with Gasteiger partial charge in [-0.2, -0.15) is 0 Å². The van der Waals surface area contributed by atoms with Crippen molar-refractivity contribution in [3.8, 4) is 0 Å². The highest BCUT2D eigenvalue weighted by molar-refractivity contribution is 5.92. The van der Waals surface area contributed by atoms with Crippen LogP contribution in [-0.2, 0) is 11.3 Å². The Kier molecular flexibility index (Phi) is 6.60. The molecule has 28 heavy (non-hydrogen) atoms. The maximum atomic E-state index is 14.1. The van der Waals surface area contributed by atoms with Crippen LogP contribution in [0.3, 0.4) is 0 Å². The van der Waals surface area contributed by atoms with E-state index in [9.17, 15) is 14.0 Å². The molecule has 0 atom stereocenters. The third-order valence-electron chi connectivity index (χ3n) is 4.65. The maximum absolute atomic E-state index is 14.1. The van der Waals surface area contributed by atoms with E-state index >= 15 is 0 Å². The van der Waals surface area contributed by atoms with Gasteiger partial charge in [0.25, 0.3) is 0 Å². The minimum atomic E-state index is -0.539. The maximum Gasteiger partial charge on any atom is 0.321 e. The van der Waals surface area contributed by atoms with Crippen LogP contribution in [0.5, 0.6) is 0 Å². The average molecular weight is 384 g/mol. The summed E-state index contributed by atoms with van der Waals surface area (Å²) in [6.45, 7) is 5.08. The number of nitrogens with zero attached hydrogens (tertiary/aromatic N) is 2. The van der Waals surface area contributed by atoms with Gasteiger partial charge in [0.05, 0.1) is 5.69 Å². The lowest BCUT2D eigenvalue weighted by Gasteiger charge is -2.22. The van der Waals surface area contributed by atoms with Crippen molar-refractivity contribution >= 4 is 23.3 Å². The molecule has 148 valence electrons. The van der Waals surface area contributed by atoms with Gasteiger partial charge < -0.3 is 15.5 Å². The molecule has 1 heterocycles. The van der Waals surface area contributed by atoms with Crippen molar-refractivity contribution in [3.63, 3.8) is 0 Å². The Bertz CT molecular complexity index is 828. The van der Waals surface area contributed by atoms with Gasteiger partial charge in [0.1, 0.15) is 5.82 Å². The van der Waals surface area contributed by atoms with Crippen LogP contribution in [0.1, 0.15) is 18.9 Å². The molecule has 0 aromatic heterocycles. The number of carbonyl (C=O) groups excluding carboxylic acids is 2. The number of hydrogen-bond donors (Lipinski definition) is 2. The van der Waals surface area contributed by atoms with E-state index in [4.69, 9.17) is 0 Å². The summed E-state index contributed by atoms with van der Waals surface area (Å²) < 4.78 is 14.1. The molecule has 6 nitrogen and oxygen atoms in total. The number of hydrogen-bond acceptors (Lipinski definition) is 3. The van der Waals surface area contributed by atoms with Crippen LogP contribution in [0.25, 0.3) is 0 Å². The molecule has 0 unspecified atom stereocenters. The minimum absolute atomic E-state index is 0.0571. The summed E-state index contributed by atoms with van der Waals surface area (Å²) in [7, 11) is 0. The number of nitrogens with one attached hydrogen (secondary N) is 2. The first-order chi connectivity index (χ1) is 13.5. The van der Waals surface area contributed by atoms with Crippen molar-refractivity contribution in [1.82, 2.24) is 9.80 Å². The Hall–Kier alpha value is -2.93. The van der Waals surface area contributed by atoms with Crippen LogP contribution in [-0.4, -0.2) is 47.9 Å². The van der Waals surface area contributed by atoms with E-state index in [1.54, 1.807) is 4.90 Å². The van der Waals surface area contributed by atoms with Crippen molar-refractivity contribution in [1.29, 1.82) is 0 Å². The zero-order valence-electron chi connectivity index (χ0n) is 16.0. The summed E-state index contributed by atoms with van der Waals surface area (Å²) in [6, 6.07) is 14.0. The molecule has 3 amide bonds. The molecule has 1 saturated heterocycles. The van der Waals surface area contributed by atoms with Gasteiger partial charge in [-0.25, -0.2) is 9.18 Å². The second kappa shape index (κ2) is 9.32. The largest absolute Gasteiger partial charge is 0.326 e. The van der Waals surface area contributed by atoms with E-state index in [2.05, 4.69) is 27.7 Å². The second-order valence-electron chi connectivity index (χ2n) is 6.91. The second-order valence-corrected chi connectivity index (χ2v) is 6.91. The number of carbonyl (C=O) groups is 2. The third-order valence-corrected chi connectivity index (χ3v) is 4.65. The first kappa shape index (κ1) is 19.8. The molecule has 0 bridgehead atoms. The van der Waals surface area contributed by atoms with E-state index in [1.807, 2.05) is 18.2 Å². The lowest BCUT2D eigenvalue weighted by molar-refractivity contribution is -0.114. The number of anilines is 2. The molecule has 3 rings (SSSR count). The monoisotopic (exact) mass is 384 g/mol. The third kappa shape index (κ3) is 5.53. The van der Waals surface area contributed by atoms with Gasteiger partial charge in [-0.05, 0) is 30.2 Å². The van der Waals surface area contributed by atoms with Crippen molar-refractivity contribution in [3.05, 3.63) is 59.9 Å². The van der Waals surface area contributed by atoms with E-state index in [0.29, 0.717) is 18.8 Å².